The van der Waals surface area contributed by atoms with E-state index in [4.69, 9.17) is 23.7 Å². The monoisotopic (exact) mass is 760 g/mol. The number of unbranched alkanes of at least 4 members (excludes halogenated alkanes) is 2. The van der Waals surface area contributed by atoms with Crippen molar-refractivity contribution in [1.82, 2.24) is 9.80 Å². The summed E-state index contributed by atoms with van der Waals surface area (Å²) in [5.74, 6) is 0.335. The minimum atomic E-state index is -1.40. The van der Waals surface area contributed by atoms with Crippen molar-refractivity contribution in [3.63, 3.8) is 0 Å². The molecule has 4 aliphatic rings. The fraction of sp³-hybridized carbons (Fsp3) is 0.450. The van der Waals surface area contributed by atoms with Gasteiger partial charge in [-0.15, -0.1) is 0 Å². The van der Waals surface area contributed by atoms with Crippen LogP contribution in [0, 0.1) is 6.92 Å². The highest BCUT2D eigenvalue weighted by molar-refractivity contribution is 6.07. The number of carbonyl (C=O) groups is 4. The summed E-state index contributed by atoms with van der Waals surface area (Å²) in [7, 11) is 1.45. The summed E-state index contributed by atoms with van der Waals surface area (Å²) in [5, 5.41) is 22.8. The average molecular weight is 761 g/mol. The number of aryl methyl sites for hydroxylation is 1. The molecule has 2 aromatic carbocycles. The molecule has 0 aliphatic carbocycles. The molecule has 4 heterocycles. The van der Waals surface area contributed by atoms with Crippen LogP contribution in [0.3, 0.4) is 0 Å². The fourth-order valence-corrected chi connectivity index (χ4v) is 7.52. The number of benzene rings is 2. The normalized spacial score (nSPS) is 21.6. The maximum atomic E-state index is 13.7. The SMILES string of the molecule is C=CCOC(=O)N1c2cc(OCCCCCOc3cc4c(cc3C)C(=O)N3CC(=C)C[C@H]3[C@H](O)N4C(=O)OCC)c(OC)cc2C(=O)N2CC(=C)C[C@H]2[C@@H]1O. The number of nitrogens with zero attached hydrogens (tertiary/aromatic N) is 4. The number of fused-ring (bicyclic) bond motifs is 4. The van der Waals surface area contributed by atoms with Gasteiger partial charge in [0.1, 0.15) is 12.4 Å². The second-order valence-electron chi connectivity index (χ2n) is 14.0. The Morgan fingerprint density at radius 2 is 1.29 bits per heavy atom. The molecule has 4 amide bonds. The van der Waals surface area contributed by atoms with Gasteiger partial charge in [0.2, 0.25) is 0 Å². The number of rotatable bonds is 12. The van der Waals surface area contributed by atoms with Crippen LogP contribution in [0.5, 0.6) is 17.2 Å². The lowest BCUT2D eigenvalue weighted by Gasteiger charge is -2.31. The molecule has 2 saturated heterocycles. The smallest absolute Gasteiger partial charge is 0.416 e. The fourth-order valence-electron chi connectivity index (χ4n) is 7.52. The molecule has 6 rings (SSSR count). The van der Waals surface area contributed by atoms with Crippen LogP contribution in [0.25, 0.3) is 0 Å². The van der Waals surface area contributed by atoms with Gasteiger partial charge in [0.05, 0.1) is 61.5 Å². The van der Waals surface area contributed by atoms with Crippen molar-refractivity contribution in [3.8, 4) is 17.2 Å². The van der Waals surface area contributed by atoms with Crippen molar-refractivity contribution in [2.75, 3.05) is 56.4 Å². The van der Waals surface area contributed by atoms with Crippen LogP contribution in [-0.4, -0.2) is 115 Å². The second-order valence-corrected chi connectivity index (χ2v) is 14.0. The van der Waals surface area contributed by atoms with E-state index in [-0.39, 0.29) is 72.2 Å². The van der Waals surface area contributed by atoms with Crippen LogP contribution < -0.4 is 24.0 Å². The van der Waals surface area contributed by atoms with Crippen molar-refractivity contribution in [1.29, 1.82) is 0 Å². The predicted molar refractivity (Wildman–Crippen MR) is 202 cm³/mol. The minimum absolute atomic E-state index is 0.0898. The number of amides is 4. The minimum Gasteiger partial charge on any atom is -0.493 e. The number of carbonyl (C=O) groups excluding carboxylic acids is 4. The Bertz CT molecular complexity index is 1900. The maximum Gasteiger partial charge on any atom is 0.416 e. The van der Waals surface area contributed by atoms with Crippen LogP contribution in [0.2, 0.25) is 0 Å². The Kier molecular flexibility index (Phi) is 11.7. The van der Waals surface area contributed by atoms with E-state index in [9.17, 15) is 29.4 Å². The molecule has 0 radical (unpaired) electrons. The van der Waals surface area contributed by atoms with Gasteiger partial charge >= 0.3 is 12.2 Å². The van der Waals surface area contributed by atoms with Crippen LogP contribution in [0.15, 0.2) is 61.2 Å². The van der Waals surface area contributed by atoms with Gasteiger partial charge in [-0.2, -0.15) is 0 Å². The zero-order valence-corrected chi connectivity index (χ0v) is 31.5. The van der Waals surface area contributed by atoms with E-state index in [0.29, 0.717) is 56.6 Å². The van der Waals surface area contributed by atoms with Gasteiger partial charge in [-0.3, -0.25) is 9.59 Å². The first-order chi connectivity index (χ1) is 26.4. The van der Waals surface area contributed by atoms with Gasteiger partial charge < -0.3 is 43.7 Å². The molecule has 15 heteroatoms. The Labute approximate surface area is 319 Å². The van der Waals surface area contributed by atoms with E-state index in [2.05, 4.69) is 19.7 Å². The summed E-state index contributed by atoms with van der Waals surface area (Å²) in [6.07, 6.45) is -0.306. The van der Waals surface area contributed by atoms with Gasteiger partial charge in [-0.25, -0.2) is 19.4 Å². The first kappa shape index (κ1) is 39.2. The molecule has 294 valence electrons. The van der Waals surface area contributed by atoms with E-state index in [1.165, 1.54) is 30.2 Å². The average Bonchev–Trinajstić information content (AvgIpc) is 3.72. The third-order valence-corrected chi connectivity index (χ3v) is 10.2. The number of anilines is 2. The molecule has 4 aliphatic heterocycles. The highest BCUT2D eigenvalue weighted by Crippen LogP contribution is 2.43. The summed E-state index contributed by atoms with van der Waals surface area (Å²) >= 11 is 0. The number of aliphatic hydroxyl groups excluding tert-OH is 2. The predicted octanol–water partition coefficient (Wildman–Crippen LogP) is 4.93. The lowest BCUT2D eigenvalue weighted by molar-refractivity contribution is 0.0493. The number of hydrogen-bond donors (Lipinski definition) is 2. The van der Waals surface area contributed by atoms with Crippen molar-refractivity contribution in [2.24, 2.45) is 0 Å². The van der Waals surface area contributed by atoms with Crippen LogP contribution in [0.1, 0.15) is 65.3 Å². The number of ether oxygens (including phenoxy) is 5. The van der Waals surface area contributed by atoms with Crippen molar-refractivity contribution in [2.45, 2.75) is 70.5 Å². The van der Waals surface area contributed by atoms with Crippen LogP contribution in [-0.2, 0) is 9.47 Å². The summed E-state index contributed by atoms with van der Waals surface area (Å²) in [6, 6.07) is 4.92. The molecule has 0 aromatic heterocycles. The van der Waals surface area contributed by atoms with Gasteiger partial charge in [0.15, 0.2) is 24.0 Å². The molecule has 15 nitrogen and oxygen atoms in total. The van der Waals surface area contributed by atoms with Crippen LogP contribution in [0.4, 0.5) is 21.0 Å². The van der Waals surface area contributed by atoms with Gasteiger partial charge in [-0.1, -0.05) is 37.0 Å². The van der Waals surface area contributed by atoms with E-state index in [1.807, 2.05) is 6.92 Å². The molecule has 0 spiro atoms. The Morgan fingerprint density at radius 3 is 1.82 bits per heavy atom. The first-order valence-corrected chi connectivity index (χ1v) is 18.4. The molecule has 55 heavy (non-hydrogen) atoms. The van der Waals surface area contributed by atoms with Crippen molar-refractivity contribution < 1.29 is 53.1 Å². The Hall–Kier alpha value is -5.54. The maximum absolute atomic E-state index is 13.7. The molecular formula is C40H48N4O11. The lowest BCUT2D eigenvalue weighted by atomic mass is 10.1. The number of aliphatic hydroxyl groups is 2. The lowest BCUT2D eigenvalue weighted by Crippen LogP contribution is -2.50. The number of hydrogen-bond acceptors (Lipinski definition) is 11. The second kappa shape index (κ2) is 16.4. The number of methoxy groups -OCH3 is 1. The highest BCUT2D eigenvalue weighted by Gasteiger charge is 2.47. The molecule has 2 aromatic rings. The van der Waals surface area contributed by atoms with Crippen LogP contribution >= 0.6 is 0 Å². The highest BCUT2D eigenvalue weighted by atomic mass is 16.6. The molecule has 0 saturated carbocycles. The van der Waals surface area contributed by atoms with E-state index in [0.717, 1.165) is 20.9 Å². The summed E-state index contributed by atoms with van der Waals surface area (Å²) < 4.78 is 28.4. The molecule has 2 N–H and O–H groups in total. The van der Waals surface area contributed by atoms with Crippen molar-refractivity contribution >= 4 is 35.4 Å². The zero-order valence-electron chi connectivity index (χ0n) is 31.5. The Balaban J connectivity index is 1.12. The molecule has 4 atom stereocenters. The van der Waals surface area contributed by atoms with Gasteiger partial charge in [-0.05, 0) is 63.6 Å². The third kappa shape index (κ3) is 7.58. The topological polar surface area (TPSA) is 168 Å². The first-order valence-electron chi connectivity index (χ1n) is 18.4. The Morgan fingerprint density at radius 1 is 0.782 bits per heavy atom. The summed E-state index contributed by atoms with van der Waals surface area (Å²) in [5.41, 5.74) is 3.01. The standard InChI is InChI=1S/C40H48N4O11/c1-7-12-55-40(50)44-29-20-34(33(51-6)18-27(29)36(46)42-22-24(4)16-31(42)38(44)48)54-14-11-9-10-13-53-32-19-28-26(17-25(32)5)35(45)41-21-23(3)15-30(41)37(47)43(28)39(49)52-8-2/h7,17-20,30-31,37-38,47-48H,1,3-4,8-16,21-22H2,2,5-6H3/t30-,31-,37-,38-/m0/s1. The van der Waals surface area contributed by atoms with E-state index >= 15 is 0 Å². The van der Waals surface area contributed by atoms with Crippen molar-refractivity contribution in [3.05, 3.63) is 77.9 Å². The van der Waals surface area contributed by atoms with E-state index < -0.39 is 36.7 Å². The van der Waals surface area contributed by atoms with E-state index in [1.54, 1.807) is 24.0 Å². The molecule has 2 fully saturated rings. The van der Waals surface area contributed by atoms with Gasteiger partial charge in [0, 0.05) is 25.2 Å². The zero-order chi connectivity index (χ0) is 39.6. The summed E-state index contributed by atoms with van der Waals surface area (Å²) in [4.78, 5) is 59.0. The summed E-state index contributed by atoms with van der Waals surface area (Å²) in [6.45, 7) is 16.2. The third-order valence-electron chi connectivity index (χ3n) is 10.2. The largest absolute Gasteiger partial charge is 0.493 e. The quantitative estimate of drug-likeness (QED) is 0.223. The molecular weight excluding hydrogens is 712 g/mol. The molecule has 0 unspecified atom stereocenters. The van der Waals surface area contributed by atoms with Gasteiger partial charge in [0.25, 0.3) is 11.8 Å². The molecule has 0 bridgehead atoms.